The average molecular weight is 205 g/mol. The molecule has 0 amide bonds. The zero-order valence-electron chi connectivity index (χ0n) is 9.29. The molecule has 1 heterocycles. The van der Waals surface area contributed by atoms with Crippen molar-refractivity contribution in [3.63, 3.8) is 0 Å². The van der Waals surface area contributed by atoms with Crippen LogP contribution in [-0.4, -0.2) is 11.0 Å². The third-order valence-electron chi connectivity index (χ3n) is 2.69. The third kappa shape index (κ3) is 2.85. The molecule has 3 nitrogen and oxygen atoms in total. The van der Waals surface area contributed by atoms with E-state index in [0.717, 1.165) is 23.6 Å². The van der Waals surface area contributed by atoms with E-state index < -0.39 is 0 Å². The normalized spacial score (nSPS) is 15.3. The Morgan fingerprint density at radius 2 is 2.27 bits per heavy atom. The molecule has 0 saturated heterocycles. The van der Waals surface area contributed by atoms with Crippen LogP contribution in [0, 0.1) is 0 Å². The first-order valence-electron chi connectivity index (χ1n) is 5.81. The summed E-state index contributed by atoms with van der Waals surface area (Å²) < 4.78 is 0. The number of anilines is 2. The van der Waals surface area contributed by atoms with Crippen molar-refractivity contribution >= 4 is 11.5 Å². The summed E-state index contributed by atoms with van der Waals surface area (Å²) in [5.74, 6) is 0.881. The fraction of sp³-hybridized carbons (Fsp3) is 0.583. The molecule has 1 fully saturated rings. The van der Waals surface area contributed by atoms with Crippen molar-refractivity contribution in [2.45, 2.75) is 45.1 Å². The smallest absolute Gasteiger partial charge is 0.149 e. The van der Waals surface area contributed by atoms with Crippen LogP contribution in [0.2, 0.25) is 0 Å². The summed E-state index contributed by atoms with van der Waals surface area (Å²) in [4.78, 5) is 4.55. The molecule has 1 aromatic rings. The van der Waals surface area contributed by atoms with E-state index in [9.17, 15) is 0 Å². The summed E-state index contributed by atoms with van der Waals surface area (Å²) in [6.07, 6.45) is 5.95. The second-order valence-electron chi connectivity index (χ2n) is 4.26. The molecule has 0 unspecified atom stereocenters. The van der Waals surface area contributed by atoms with Gasteiger partial charge in [-0.25, -0.2) is 4.98 Å². The van der Waals surface area contributed by atoms with Crippen LogP contribution >= 0.6 is 0 Å². The molecule has 15 heavy (non-hydrogen) atoms. The van der Waals surface area contributed by atoms with Crippen LogP contribution in [0.15, 0.2) is 12.1 Å². The lowest BCUT2D eigenvalue weighted by Gasteiger charge is -2.09. The molecule has 1 aliphatic carbocycles. The van der Waals surface area contributed by atoms with Gasteiger partial charge < -0.3 is 11.1 Å². The van der Waals surface area contributed by atoms with Gasteiger partial charge >= 0.3 is 0 Å². The molecule has 3 heteroatoms. The van der Waals surface area contributed by atoms with Crippen LogP contribution in [0.1, 0.15) is 38.3 Å². The molecule has 0 atom stereocenters. The Morgan fingerprint density at radius 3 is 2.93 bits per heavy atom. The van der Waals surface area contributed by atoms with Crippen LogP contribution in [0.4, 0.5) is 11.5 Å². The molecule has 3 N–H and O–H groups in total. The first-order valence-corrected chi connectivity index (χ1v) is 5.81. The topological polar surface area (TPSA) is 50.9 Å². The maximum Gasteiger partial charge on any atom is 0.149 e. The van der Waals surface area contributed by atoms with E-state index in [-0.39, 0.29) is 0 Å². The Morgan fingerprint density at radius 1 is 1.47 bits per heavy atom. The SMILES string of the molecule is CCCCc1ccc(N)c(NC2CC2)n1. The van der Waals surface area contributed by atoms with Crippen molar-refractivity contribution in [3.05, 3.63) is 17.8 Å². The summed E-state index contributed by atoms with van der Waals surface area (Å²) in [5.41, 5.74) is 7.78. The first kappa shape index (κ1) is 10.3. The quantitative estimate of drug-likeness (QED) is 0.776. The van der Waals surface area contributed by atoms with Gasteiger partial charge in [0.15, 0.2) is 0 Å². The van der Waals surface area contributed by atoms with Crippen LogP contribution in [0.3, 0.4) is 0 Å². The predicted molar refractivity (Wildman–Crippen MR) is 63.9 cm³/mol. The zero-order valence-corrected chi connectivity index (χ0v) is 9.29. The van der Waals surface area contributed by atoms with Gasteiger partial charge in [0.1, 0.15) is 5.82 Å². The number of nitrogen functional groups attached to an aromatic ring is 1. The second-order valence-corrected chi connectivity index (χ2v) is 4.26. The van der Waals surface area contributed by atoms with Crippen LogP contribution in [0.5, 0.6) is 0 Å². The first-order chi connectivity index (χ1) is 7.29. The number of pyridine rings is 1. The summed E-state index contributed by atoms with van der Waals surface area (Å²) >= 11 is 0. The van der Waals surface area contributed by atoms with E-state index in [1.165, 1.54) is 25.7 Å². The number of aromatic nitrogens is 1. The average Bonchev–Trinajstić information content (AvgIpc) is 3.03. The maximum atomic E-state index is 5.87. The van der Waals surface area contributed by atoms with Crippen molar-refractivity contribution in [2.75, 3.05) is 11.1 Å². The highest BCUT2D eigenvalue weighted by Gasteiger charge is 2.22. The highest BCUT2D eigenvalue weighted by atomic mass is 15.1. The van der Waals surface area contributed by atoms with Crippen molar-refractivity contribution in [2.24, 2.45) is 0 Å². The van der Waals surface area contributed by atoms with Gasteiger partial charge in [0.05, 0.1) is 5.69 Å². The zero-order chi connectivity index (χ0) is 10.7. The Kier molecular flexibility index (Phi) is 3.09. The number of unbranched alkanes of at least 4 members (excludes halogenated alkanes) is 1. The van der Waals surface area contributed by atoms with Gasteiger partial charge in [0.25, 0.3) is 0 Å². The molecular formula is C12H19N3. The molecule has 0 aromatic carbocycles. The van der Waals surface area contributed by atoms with Crippen molar-refractivity contribution in [1.29, 1.82) is 0 Å². The maximum absolute atomic E-state index is 5.87. The van der Waals surface area contributed by atoms with Gasteiger partial charge in [-0.15, -0.1) is 0 Å². The fourth-order valence-corrected chi connectivity index (χ4v) is 1.54. The number of nitrogens with zero attached hydrogens (tertiary/aromatic N) is 1. The van der Waals surface area contributed by atoms with Gasteiger partial charge in [0, 0.05) is 11.7 Å². The number of rotatable bonds is 5. The lowest BCUT2D eigenvalue weighted by Crippen LogP contribution is -2.07. The van der Waals surface area contributed by atoms with Crippen molar-refractivity contribution < 1.29 is 0 Å². The van der Waals surface area contributed by atoms with Crippen molar-refractivity contribution in [3.8, 4) is 0 Å². The lowest BCUT2D eigenvalue weighted by atomic mass is 10.2. The van der Waals surface area contributed by atoms with Crippen molar-refractivity contribution in [1.82, 2.24) is 4.98 Å². The Labute approximate surface area is 91.1 Å². The highest BCUT2D eigenvalue weighted by molar-refractivity contribution is 5.62. The monoisotopic (exact) mass is 205 g/mol. The lowest BCUT2D eigenvalue weighted by molar-refractivity contribution is 0.777. The number of nitrogens with one attached hydrogen (secondary N) is 1. The standard InChI is InChI=1S/C12H19N3/c1-2-3-4-9-7-8-11(13)12(14-9)15-10-5-6-10/h7-8,10H,2-6,13H2,1H3,(H,14,15). The molecule has 1 saturated carbocycles. The molecule has 0 bridgehead atoms. The third-order valence-corrected chi connectivity index (χ3v) is 2.69. The highest BCUT2D eigenvalue weighted by Crippen LogP contribution is 2.26. The molecule has 1 aliphatic rings. The van der Waals surface area contributed by atoms with E-state index >= 15 is 0 Å². The number of hydrogen-bond acceptors (Lipinski definition) is 3. The second kappa shape index (κ2) is 4.51. The molecule has 1 aromatic heterocycles. The van der Waals surface area contributed by atoms with Gasteiger partial charge in [0.2, 0.25) is 0 Å². The van der Waals surface area contributed by atoms with E-state index in [2.05, 4.69) is 17.2 Å². The number of aryl methyl sites for hydroxylation is 1. The Balaban J connectivity index is 2.05. The van der Waals surface area contributed by atoms with E-state index in [4.69, 9.17) is 5.73 Å². The summed E-state index contributed by atoms with van der Waals surface area (Å²) in [6.45, 7) is 2.20. The molecule has 82 valence electrons. The number of hydrogen-bond donors (Lipinski definition) is 2. The minimum absolute atomic E-state index is 0.612. The predicted octanol–water partition coefficient (Wildman–Crippen LogP) is 2.58. The van der Waals surface area contributed by atoms with E-state index in [1.54, 1.807) is 0 Å². The molecule has 2 rings (SSSR count). The van der Waals surface area contributed by atoms with Crippen LogP contribution < -0.4 is 11.1 Å². The minimum atomic E-state index is 0.612. The van der Waals surface area contributed by atoms with Gasteiger partial charge in [-0.2, -0.15) is 0 Å². The molecule has 0 aliphatic heterocycles. The van der Waals surface area contributed by atoms with E-state index in [0.29, 0.717) is 6.04 Å². The molecule has 0 radical (unpaired) electrons. The van der Waals surface area contributed by atoms with Crippen LogP contribution in [-0.2, 0) is 6.42 Å². The van der Waals surface area contributed by atoms with Gasteiger partial charge in [-0.1, -0.05) is 13.3 Å². The van der Waals surface area contributed by atoms with Gasteiger partial charge in [-0.05, 0) is 37.8 Å². The Bertz CT molecular complexity index is 332. The van der Waals surface area contributed by atoms with E-state index in [1.807, 2.05) is 12.1 Å². The fourth-order valence-electron chi connectivity index (χ4n) is 1.54. The largest absolute Gasteiger partial charge is 0.396 e. The van der Waals surface area contributed by atoms with Gasteiger partial charge in [-0.3, -0.25) is 0 Å². The summed E-state index contributed by atoms with van der Waals surface area (Å²) in [5, 5.41) is 3.36. The number of nitrogens with two attached hydrogens (primary N) is 1. The summed E-state index contributed by atoms with van der Waals surface area (Å²) in [7, 11) is 0. The molecular weight excluding hydrogens is 186 g/mol. The van der Waals surface area contributed by atoms with Crippen LogP contribution in [0.25, 0.3) is 0 Å². The molecule has 0 spiro atoms. The Hall–Kier alpha value is -1.25. The summed E-state index contributed by atoms with van der Waals surface area (Å²) in [6, 6.07) is 4.60. The minimum Gasteiger partial charge on any atom is -0.396 e.